The molecule has 0 saturated heterocycles. The van der Waals surface area contributed by atoms with Crippen molar-refractivity contribution >= 4 is 5.91 Å². The largest absolute Gasteiger partial charge is 0.355 e. The van der Waals surface area contributed by atoms with Gasteiger partial charge in [0.25, 0.3) is 0 Å². The molecular weight excluding hydrogens is 280 g/mol. The molecule has 0 fully saturated rings. The Morgan fingerprint density at radius 3 is 3.05 bits per heavy atom. The van der Waals surface area contributed by atoms with Crippen molar-refractivity contribution < 1.29 is 4.79 Å². The topological polar surface area (TPSA) is 68.9 Å². The zero-order valence-corrected chi connectivity index (χ0v) is 13.2. The highest BCUT2D eigenvalue weighted by molar-refractivity contribution is 5.78. The van der Waals surface area contributed by atoms with E-state index in [1.165, 1.54) is 35.9 Å². The summed E-state index contributed by atoms with van der Waals surface area (Å²) in [6.07, 6.45) is 9.65. The number of nitrogens with one attached hydrogen (secondary N) is 1. The minimum absolute atomic E-state index is 0.0674. The van der Waals surface area contributed by atoms with Crippen molar-refractivity contribution in [3.8, 4) is 0 Å². The summed E-state index contributed by atoms with van der Waals surface area (Å²) in [5, 5.41) is 7.23. The number of carbonyl (C=O) groups is 1. The Bertz CT molecular complexity index is 641. The molecule has 0 radical (unpaired) electrons. The van der Waals surface area contributed by atoms with Crippen LogP contribution in [0.2, 0.25) is 0 Å². The predicted molar refractivity (Wildman–Crippen MR) is 83.5 cm³/mol. The summed E-state index contributed by atoms with van der Waals surface area (Å²) in [6.45, 7) is 1.16. The summed E-state index contributed by atoms with van der Waals surface area (Å²) in [5.41, 5.74) is 1.35. The van der Waals surface area contributed by atoms with E-state index in [0.717, 1.165) is 18.7 Å². The Hall–Kier alpha value is -1.85. The van der Waals surface area contributed by atoms with Gasteiger partial charge in [-0.3, -0.25) is 9.36 Å². The van der Waals surface area contributed by atoms with E-state index in [0.29, 0.717) is 19.5 Å². The van der Waals surface area contributed by atoms with Gasteiger partial charge >= 0.3 is 5.69 Å². The van der Waals surface area contributed by atoms with Crippen LogP contribution in [-0.4, -0.2) is 26.8 Å². The fourth-order valence-electron chi connectivity index (χ4n) is 3.37. The van der Waals surface area contributed by atoms with E-state index in [4.69, 9.17) is 0 Å². The number of hydrogen-bond acceptors (Lipinski definition) is 3. The lowest BCUT2D eigenvalue weighted by atomic mass is 9.96. The number of carbonyl (C=O) groups excluding carboxylic acids is 1. The third kappa shape index (κ3) is 3.15. The number of allylic oxidation sites excluding steroid dienone is 1. The molecule has 0 bridgehead atoms. The zero-order chi connectivity index (χ0) is 15.5. The minimum atomic E-state index is -0.125. The van der Waals surface area contributed by atoms with Gasteiger partial charge in [-0.2, -0.15) is 5.10 Å². The molecule has 1 atom stereocenters. The van der Waals surface area contributed by atoms with Crippen molar-refractivity contribution in [3.63, 3.8) is 0 Å². The first kappa shape index (κ1) is 15.1. The third-order valence-electron chi connectivity index (χ3n) is 4.71. The van der Waals surface area contributed by atoms with Gasteiger partial charge in [0.1, 0.15) is 5.82 Å². The lowest BCUT2D eigenvalue weighted by molar-refractivity contribution is -0.125. The van der Waals surface area contributed by atoms with E-state index in [-0.39, 0.29) is 17.5 Å². The second-order valence-corrected chi connectivity index (χ2v) is 6.32. The highest BCUT2D eigenvalue weighted by Crippen LogP contribution is 2.20. The van der Waals surface area contributed by atoms with Crippen LogP contribution in [0, 0.1) is 5.92 Å². The Labute approximate surface area is 130 Å². The van der Waals surface area contributed by atoms with Crippen molar-refractivity contribution in [2.24, 2.45) is 13.0 Å². The van der Waals surface area contributed by atoms with Crippen LogP contribution in [0.15, 0.2) is 16.4 Å². The fourth-order valence-corrected chi connectivity index (χ4v) is 3.37. The minimum Gasteiger partial charge on any atom is -0.355 e. The average Bonchev–Trinajstić information content (AvgIpc) is 2.83. The van der Waals surface area contributed by atoms with Gasteiger partial charge in [-0.05, 0) is 38.5 Å². The molecule has 22 heavy (non-hydrogen) atoms. The monoisotopic (exact) mass is 304 g/mol. The molecule has 0 saturated carbocycles. The van der Waals surface area contributed by atoms with E-state index in [9.17, 15) is 9.59 Å². The molecule has 3 rings (SSSR count). The molecule has 1 aromatic rings. The van der Waals surface area contributed by atoms with Crippen molar-refractivity contribution in [1.82, 2.24) is 19.7 Å². The summed E-state index contributed by atoms with van der Waals surface area (Å²) < 4.78 is 2.99. The summed E-state index contributed by atoms with van der Waals surface area (Å²) in [5.74, 6) is 0.747. The van der Waals surface area contributed by atoms with Crippen LogP contribution in [0.5, 0.6) is 0 Å². The third-order valence-corrected chi connectivity index (χ3v) is 4.71. The summed E-state index contributed by atoms with van der Waals surface area (Å²) in [6, 6.07) is 0. The Balaban J connectivity index is 1.52. The predicted octanol–water partition coefficient (Wildman–Crippen LogP) is 1.15. The second-order valence-electron chi connectivity index (χ2n) is 6.32. The molecule has 2 aliphatic rings. The van der Waals surface area contributed by atoms with Crippen LogP contribution >= 0.6 is 0 Å². The zero-order valence-electron chi connectivity index (χ0n) is 13.2. The van der Waals surface area contributed by atoms with Crippen molar-refractivity contribution in [2.45, 2.75) is 51.5 Å². The normalized spacial score (nSPS) is 21.1. The molecule has 6 nitrogen and oxygen atoms in total. The molecule has 1 N–H and O–H groups in total. The smallest absolute Gasteiger partial charge is 0.345 e. The number of amides is 1. The van der Waals surface area contributed by atoms with E-state index < -0.39 is 0 Å². The fraction of sp³-hybridized carbons (Fsp3) is 0.688. The molecular formula is C16H24N4O2. The number of nitrogens with zero attached hydrogens (tertiary/aromatic N) is 3. The van der Waals surface area contributed by atoms with Gasteiger partial charge in [0, 0.05) is 26.6 Å². The molecule has 120 valence electrons. The highest BCUT2D eigenvalue weighted by Gasteiger charge is 2.27. The van der Waals surface area contributed by atoms with Crippen LogP contribution in [0.4, 0.5) is 0 Å². The molecule has 1 aromatic heterocycles. The van der Waals surface area contributed by atoms with E-state index in [2.05, 4.69) is 16.5 Å². The Morgan fingerprint density at radius 1 is 1.41 bits per heavy atom. The number of hydrogen-bond donors (Lipinski definition) is 1. The quantitative estimate of drug-likeness (QED) is 0.849. The van der Waals surface area contributed by atoms with Crippen molar-refractivity contribution in [3.05, 3.63) is 28.0 Å². The lowest BCUT2D eigenvalue weighted by Crippen LogP contribution is -2.39. The summed E-state index contributed by atoms with van der Waals surface area (Å²) in [7, 11) is 1.65. The number of rotatable bonds is 4. The van der Waals surface area contributed by atoms with Crippen LogP contribution in [-0.2, 0) is 24.8 Å². The molecule has 6 heteroatoms. The van der Waals surface area contributed by atoms with Crippen molar-refractivity contribution in [1.29, 1.82) is 0 Å². The molecule has 1 amide bonds. The van der Waals surface area contributed by atoms with Crippen LogP contribution in [0.25, 0.3) is 0 Å². The van der Waals surface area contributed by atoms with E-state index in [1.807, 2.05) is 0 Å². The molecule has 0 aromatic carbocycles. The van der Waals surface area contributed by atoms with E-state index in [1.54, 1.807) is 11.6 Å². The second kappa shape index (κ2) is 6.50. The maximum Gasteiger partial charge on any atom is 0.345 e. The standard InChI is InChI=1S/C16H24N4O2/c1-19-16(22)20-11-13(7-8-14(20)18-19)15(21)17-10-9-12-5-3-2-4-6-12/h5,13H,2-4,6-11H2,1H3,(H,17,21). The van der Waals surface area contributed by atoms with Gasteiger partial charge < -0.3 is 5.32 Å². The first-order valence-electron chi connectivity index (χ1n) is 8.23. The first-order chi connectivity index (χ1) is 10.6. The highest BCUT2D eigenvalue weighted by atomic mass is 16.2. The average molecular weight is 304 g/mol. The number of fused-ring (bicyclic) bond motifs is 1. The van der Waals surface area contributed by atoms with Crippen LogP contribution in [0.1, 0.15) is 44.3 Å². The van der Waals surface area contributed by atoms with Gasteiger partial charge in [0.15, 0.2) is 0 Å². The Kier molecular flexibility index (Phi) is 4.45. The molecule has 1 unspecified atom stereocenters. The first-order valence-corrected chi connectivity index (χ1v) is 8.23. The molecule has 2 heterocycles. The van der Waals surface area contributed by atoms with E-state index >= 15 is 0 Å². The maximum absolute atomic E-state index is 12.3. The van der Waals surface area contributed by atoms with Gasteiger partial charge in [-0.25, -0.2) is 9.48 Å². The number of aryl methyl sites for hydroxylation is 2. The van der Waals surface area contributed by atoms with Gasteiger partial charge in [-0.1, -0.05) is 11.6 Å². The van der Waals surface area contributed by atoms with Gasteiger partial charge in [0.05, 0.1) is 5.92 Å². The maximum atomic E-state index is 12.3. The molecule has 1 aliphatic carbocycles. The van der Waals surface area contributed by atoms with Crippen LogP contribution in [0.3, 0.4) is 0 Å². The van der Waals surface area contributed by atoms with Gasteiger partial charge in [-0.15, -0.1) is 0 Å². The molecule has 0 spiro atoms. The Morgan fingerprint density at radius 2 is 2.27 bits per heavy atom. The van der Waals surface area contributed by atoms with Crippen molar-refractivity contribution in [2.75, 3.05) is 6.54 Å². The van der Waals surface area contributed by atoms with Gasteiger partial charge in [0.2, 0.25) is 5.91 Å². The summed E-state index contributed by atoms with van der Waals surface area (Å²) >= 11 is 0. The lowest BCUT2D eigenvalue weighted by Gasteiger charge is -2.22. The number of aromatic nitrogens is 3. The summed E-state index contributed by atoms with van der Waals surface area (Å²) in [4.78, 5) is 24.2. The molecule has 1 aliphatic heterocycles. The van der Waals surface area contributed by atoms with Crippen LogP contribution < -0.4 is 11.0 Å². The SMILES string of the molecule is Cn1nc2n(c1=O)CC(C(=O)NCCC1=CCCCC1)CC2.